The van der Waals surface area contributed by atoms with Gasteiger partial charge in [0.05, 0.1) is 11.5 Å². The quantitative estimate of drug-likeness (QED) is 0.444. The van der Waals surface area contributed by atoms with Gasteiger partial charge in [0.2, 0.25) is 0 Å². The molecule has 0 radical (unpaired) electrons. The van der Waals surface area contributed by atoms with Crippen molar-refractivity contribution in [3.8, 4) is 0 Å². The van der Waals surface area contributed by atoms with Crippen LogP contribution in [0.15, 0.2) is 39.4 Å². The maximum atomic E-state index is 4.85. The Bertz CT molecular complexity index is 579. The molecule has 0 unspecified atom stereocenters. The number of piperazine rings is 1. The molecule has 3 rings (SSSR count). The van der Waals surface area contributed by atoms with E-state index >= 15 is 0 Å². The number of aliphatic imine (C=N–C) groups is 1. The van der Waals surface area contributed by atoms with Gasteiger partial charge in [0.1, 0.15) is 12.0 Å². The lowest BCUT2D eigenvalue weighted by atomic mass is 10.3. The van der Waals surface area contributed by atoms with Gasteiger partial charge in [0.15, 0.2) is 5.96 Å². The van der Waals surface area contributed by atoms with E-state index < -0.39 is 0 Å². The van der Waals surface area contributed by atoms with E-state index in [-0.39, 0.29) is 24.0 Å². The summed E-state index contributed by atoms with van der Waals surface area (Å²) < 4.78 is 4.85. The molecule has 1 N–H and O–H groups in total. The molecule has 8 heteroatoms. The summed E-state index contributed by atoms with van der Waals surface area (Å²) in [5.41, 5.74) is 0.854. The van der Waals surface area contributed by atoms with Gasteiger partial charge in [-0.2, -0.15) is 0 Å². The lowest BCUT2D eigenvalue weighted by Gasteiger charge is -2.37. The zero-order valence-corrected chi connectivity index (χ0v) is 16.3. The van der Waals surface area contributed by atoms with E-state index in [2.05, 4.69) is 49.7 Å². The molecule has 0 bridgehead atoms. The highest BCUT2D eigenvalue weighted by molar-refractivity contribution is 14.0. The van der Waals surface area contributed by atoms with Crippen LogP contribution in [0.1, 0.15) is 12.6 Å². The van der Waals surface area contributed by atoms with E-state index in [4.69, 9.17) is 4.52 Å². The van der Waals surface area contributed by atoms with E-state index in [1.54, 1.807) is 17.6 Å². The minimum Gasteiger partial charge on any atom is -0.364 e. The first kappa shape index (κ1) is 18.1. The highest BCUT2D eigenvalue weighted by Gasteiger charge is 2.20. The summed E-state index contributed by atoms with van der Waals surface area (Å²) in [6.07, 6.45) is 1.58. The van der Waals surface area contributed by atoms with Crippen LogP contribution in [0.25, 0.3) is 0 Å². The summed E-state index contributed by atoms with van der Waals surface area (Å²) in [6, 6.07) is 6.14. The molecule has 0 spiro atoms. The van der Waals surface area contributed by atoms with Crippen LogP contribution < -0.4 is 10.2 Å². The molecule has 1 saturated heterocycles. The summed E-state index contributed by atoms with van der Waals surface area (Å²) in [4.78, 5) is 9.41. The van der Waals surface area contributed by atoms with E-state index in [0.29, 0.717) is 6.54 Å². The number of nitrogens with one attached hydrogen (secondary N) is 1. The number of nitrogens with zero attached hydrogens (tertiary/aromatic N) is 4. The SMILES string of the molecule is CCNC(=NCc1ccon1)N1CCN(c2cccs2)CC1.I. The molecule has 0 aliphatic carbocycles. The van der Waals surface area contributed by atoms with Crippen LogP contribution in [0.3, 0.4) is 0 Å². The molecule has 1 fully saturated rings. The molecule has 2 aromatic rings. The van der Waals surface area contributed by atoms with Gasteiger partial charge in [-0.1, -0.05) is 5.16 Å². The number of anilines is 1. The molecule has 0 saturated carbocycles. The predicted molar refractivity (Wildman–Crippen MR) is 105 cm³/mol. The Balaban J connectivity index is 0.00000192. The van der Waals surface area contributed by atoms with E-state index in [0.717, 1.165) is 44.4 Å². The van der Waals surface area contributed by atoms with Crippen molar-refractivity contribution in [1.29, 1.82) is 0 Å². The Hall–Kier alpha value is -1.29. The normalized spacial score (nSPS) is 15.4. The molecule has 3 heterocycles. The second-order valence-corrected chi connectivity index (χ2v) is 6.01. The van der Waals surface area contributed by atoms with Crippen LogP contribution >= 0.6 is 35.3 Å². The third-order valence-corrected chi connectivity index (χ3v) is 4.54. The molecule has 0 amide bonds. The van der Waals surface area contributed by atoms with Gasteiger partial charge in [0, 0.05) is 38.8 Å². The predicted octanol–water partition coefficient (Wildman–Crippen LogP) is 2.64. The molecule has 0 atom stereocenters. The minimum atomic E-state index is 0. The number of aromatic nitrogens is 1. The number of rotatable bonds is 4. The Morgan fingerprint density at radius 2 is 2.17 bits per heavy atom. The van der Waals surface area contributed by atoms with E-state index in [1.165, 1.54) is 5.00 Å². The van der Waals surface area contributed by atoms with E-state index in [9.17, 15) is 0 Å². The number of hydrogen-bond acceptors (Lipinski definition) is 5. The van der Waals surface area contributed by atoms with Crippen LogP contribution in [0.5, 0.6) is 0 Å². The first-order valence-corrected chi connectivity index (χ1v) is 8.45. The Morgan fingerprint density at radius 1 is 1.35 bits per heavy atom. The fourth-order valence-electron chi connectivity index (χ4n) is 2.49. The zero-order valence-electron chi connectivity index (χ0n) is 13.1. The Labute approximate surface area is 157 Å². The average molecular weight is 447 g/mol. The van der Waals surface area contributed by atoms with Crippen molar-refractivity contribution >= 4 is 46.3 Å². The standard InChI is InChI=1S/C15H21N5OS.HI/c1-2-16-15(17-12-13-5-10-21-18-13)20-8-6-19(7-9-20)14-4-3-11-22-14;/h3-5,10-11H,2,6-9,12H2,1H3,(H,16,17);1H. The molecule has 23 heavy (non-hydrogen) atoms. The maximum absolute atomic E-state index is 4.85. The molecule has 0 aromatic carbocycles. The smallest absolute Gasteiger partial charge is 0.194 e. The van der Waals surface area contributed by atoms with Crippen molar-refractivity contribution in [2.45, 2.75) is 13.5 Å². The minimum absolute atomic E-state index is 0. The van der Waals surface area contributed by atoms with Crippen LogP contribution in [-0.4, -0.2) is 48.7 Å². The van der Waals surface area contributed by atoms with Crippen molar-refractivity contribution in [1.82, 2.24) is 15.4 Å². The lowest BCUT2D eigenvalue weighted by Crippen LogP contribution is -2.52. The first-order chi connectivity index (χ1) is 10.9. The van der Waals surface area contributed by atoms with Crippen molar-refractivity contribution in [3.63, 3.8) is 0 Å². The number of thiophene rings is 1. The molecule has 126 valence electrons. The molecule has 1 aliphatic heterocycles. The van der Waals surface area contributed by atoms with Crippen molar-refractivity contribution in [3.05, 3.63) is 35.5 Å². The van der Waals surface area contributed by atoms with Gasteiger partial charge in [0.25, 0.3) is 0 Å². The number of halogens is 1. The largest absolute Gasteiger partial charge is 0.364 e. The summed E-state index contributed by atoms with van der Waals surface area (Å²) >= 11 is 1.80. The first-order valence-electron chi connectivity index (χ1n) is 7.58. The lowest BCUT2D eigenvalue weighted by molar-refractivity contribution is 0.372. The Kier molecular flexibility index (Phi) is 7.15. The summed E-state index contributed by atoms with van der Waals surface area (Å²) in [7, 11) is 0. The van der Waals surface area contributed by atoms with Gasteiger partial charge in [-0.15, -0.1) is 35.3 Å². The topological polar surface area (TPSA) is 56.9 Å². The summed E-state index contributed by atoms with van der Waals surface area (Å²) in [5.74, 6) is 0.955. The second kappa shape index (κ2) is 9.11. The van der Waals surface area contributed by atoms with Gasteiger partial charge in [-0.05, 0) is 24.4 Å². The fourth-order valence-corrected chi connectivity index (χ4v) is 3.27. The van der Waals surface area contributed by atoms with Gasteiger partial charge >= 0.3 is 0 Å². The Morgan fingerprint density at radius 3 is 2.78 bits per heavy atom. The third-order valence-electron chi connectivity index (χ3n) is 3.61. The molecule has 6 nitrogen and oxygen atoms in total. The summed E-state index contributed by atoms with van der Waals surface area (Å²) in [6.45, 7) is 7.50. The molecule has 1 aliphatic rings. The zero-order chi connectivity index (χ0) is 15.2. The van der Waals surface area contributed by atoms with Gasteiger partial charge < -0.3 is 19.6 Å². The van der Waals surface area contributed by atoms with Crippen molar-refractivity contribution < 1.29 is 4.52 Å². The van der Waals surface area contributed by atoms with Gasteiger partial charge in [-0.3, -0.25) is 0 Å². The van der Waals surface area contributed by atoms with Gasteiger partial charge in [-0.25, -0.2) is 4.99 Å². The second-order valence-electron chi connectivity index (χ2n) is 5.09. The van der Waals surface area contributed by atoms with Crippen molar-refractivity contribution in [2.24, 2.45) is 4.99 Å². The average Bonchev–Trinajstić information content (AvgIpc) is 3.25. The van der Waals surface area contributed by atoms with Crippen LogP contribution in [0.4, 0.5) is 5.00 Å². The molecular formula is C15H22IN5OS. The van der Waals surface area contributed by atoms with Crippen LogP contribution in [0.2, 0.25) is 0 Å². The monoisotopic (exact) mass is 447 g/mol. The number of guanidine groups is 1. The molecule has 2 aromatic heterocycles. The third kappa shape index (κ3) is 4.84. The summed E-state index contributed by atoms with van der Waals surface area (Å²) in [5, 5.41) is 10.8. The van der Waals surface area contributed by atoms with Crippen LogP contribution in [0, 0.1) is 0 Å². The van der Waals surface area contributed by atoms with Crippen molar-refractivity contribution in [2.75, 3.05) is 37.6 Å². The maximum Gasteiger partial charge on any atom is 0.194 e. The fraction of sp³-hybridized carbons (Fsp3) is 0.467. The number of hydrogen-bond donors (Lipinski definition) is 1. The molecular weight excluding hydrogens is 425 g/mol. The van der Waals surface area contributed by atoms with Crippen LogP contribution in [-0.2, 0) is 6.54 Å². The highest BCUT2D eigenvalue weighted by atomic mass is 127. The highest BCUT2D eigenvalue weighted by Crippen LogP contribution is 2.22. The van der Waals surface area contributed by atoms with E-state index in [1.807, 2.05) is 6.07 Å².